The highest BCUT2D eigenvalue weighted by molar-refractivity contribution is 5.85. The Hall–Kier alpha value is -3.45. The van der Waals surface area contributed by atoms with Crippen LogP contribution in [-0.2, 0) is 20.7 Å². The first-order chi connectivity index (χ1) is 20.5. The van der Waals surface area contributed by atoms with Gasteiger partial charge in [-0.05, 0) is 50.2 Å². The first-order valence-electron chi connectivity index (χ1n) is 15.5. The standard InChI is InChI=1S/C33H44N4O6/c1-32(2,3)23-16-29(39)43-33(4)17-20(33)9-7-6-8-10-25-30(36-26-15-21(41-5)11-12-24(26)35-25)42-28-18-37(31(23)40)27(19-38)22(28)13-14-34/h11-12,15,20,22-23,27-28,38H,6-10,13,16-19H2,1-5H3/t20-,22+,23-,27-,28+,33-/m1/s1. The van der Waals surface area contributed by atoms with Crippen LogP contribution in [0.15, 0.2) is 18.2 Å². The number of aliphatic hydroxyl groups is 1. The predicted molar refractivity (Wildman–Crippen MR) is 159 cm³/mol. The lowest BCUT2D eigenvalue weighted by Gasteiger charge is -2.35. The van der Waals surface area contributed by atoms with Crippen LogP contribution >= 0.6 is 0 Å². The number of ether oxygens (including phenoxy) is 3. The van der Waals surface area contributed by atoms with Crippen molar-refractivity contribution in [3.8, 4) is 17.7 Å². The SMILES string of the molecule is COc1ccc2nc3c(nc2c1)O[C@H]1CN(C(=O)[C@H](C(C)(C)C)CC(=O)O[C@]2(C)C[C@H]2CCCCC3)[C@H](CO)[C@@H]1CC#N. The number of nitrogens with zero attached hydrogens (tertiary/aromatic N) is 4. The Labute approximate surface area is 253 Å². The molecule has 2 aromatic rings. The molecular formula is C33H44N4O6. The van der Waals surface area contributed by atoms with Crippen molar-refractivity contribution in [2.24, 2.45) is 23.2 Å². The van der Waals surface area contributed by atoms with Crippen LogP contribution in [0.1, 0.15) is 78.3 Å². The summed E-state index contributed by atoms with van der Waals surface area (Å²) in [5.74, 6) is -0.377. The number of benzene rings is 1. The van der Waals surface area contributed by atoms with E-state index >= 15 is 0 Å². The Morgan fingerprint density at radius 1 is 1.19 bits per heavy atom. The van der Waals surface area contributed by atoms with Crippen molar-refractivity contribution in [2.75, 3.05) is 20.3 Å². The lowest BCUT2D eigenvalue weighted by atomic mass is 9.77. The molecule has 1 amide bonds. The van der Waals surface area contributed by atoms with Gasteiger partial charge in [-0.25, -0.2) is 9.97 Å². The minimum absolute atomic E-state index is 0.0458. The fourth-order valence-electron chi connectivity index (χ4n) is 6.77. The number of amides is 1. The van der Waals surface area contributed by atoms with Gasteiger partial charge in [0.1, 0.15) is 23.1 Å². The largest absolute Gasteiger partial charge is 0.497 e. The molecule has 10 heteroatoms. The van der Waals surface area contributed by atoms with Crippen LogP contribution in [0.5, 0.6) is 11.6 Å². The minimum atomic E-state index is -0.668. The summed E-state index contributed by atoms with van der Waals surface area (Å²) in [6.07, 6.45) is 4.81. The molecule has 1 N–H and O–H groups in total. The Morgan fingerprint density at radius 2 is 1.98 bits per heavy atom. The van der Waals surface area contributed by atoms with Gasteiger partial charge in [-0.2, -0.15) is 5.26 Å². The van der Waals surface area contributed by atoms with Crippen molar-refractivity contribution in [3.63, 3.8) is 0 Å². The van der Waals surface area contributed by atoms with Crippen LogP contribution in [0.2, 0.25) is 0 Å². The predicted octanol–water partition coefficient (Wildman–Crippen LogP) is 4.61. The Morgan fingerprint density at radius 3 is 2.67 bits per heavy atom. The van der Waals surface area contributed by atoms with Gasteiger partial charge in [0, 0.05) is 24.3 Å². The number of nitriles is 1. The number of carbonyl (C=O) groups excluding carboxylic acids is 2. The number of carbonyl (C=O) groups is 2. The van der Waals surface area contributed by atoms with E-state index in [1.807, 2.05) is 45.9 Å². The average molecular weight is 593 g/mol. The molecule has 1 aliphatic carbocycles. The molecule has 3 aliphatic rings. The van der Waals surface area contributed by atoms with Crippen LogP contribution in [0, 0.1) is 34.5 Å². The molecule has 2 fully saturated rings. The Kier molecular flexibility index (Phi) is 8.85. The van der Waals surface area contributed by atoms with Crippen molar-refractivity contribution in [3.05, 3.63) is 23.9 Å². The van der Waals surface area contributed by atoms with Crippen LogP contribution in [0.25, 0.3) is 11.0 Å². The second kappa shape index (κ2) is 12.3. The molecule has 232 valence electrons. The van der Waals surface area contributed by atoms with Gasteiger partial charge in [0.25, 0.3) is 0 Å². The summed E-state index contributed by atoms with van der Waals surface area (Å²) in [6.45, 7) is 7.64. The molecule has 1 saturated carbocycles. The molecule has 2 aliphatic heterocycles. The quantitative estimate of drug-likeness (QED) is 0.507. The smallest absolute Gasteiger partial charge is 0.307 e. The van der Waals surface area contributed by atoms with Crippen LogP contribution in [-0.4, -0.2) is 69.9 Å². The highest BCUT2D eigenvalue weighted by atomic mass is 16.6. The first-order valence-corrected chi connectivity index (χ1v) is 15.5. The summed E-state index contributed by atoms with van der Waals surface area (Å²) in [6, 6.07) is 7.13. The summed E-state index contributed by atoms with van der Waals surface area (Å²) >= 11 is 0. The fraction of sp³-hybridized carbons (Fsp3) is 0.667. The van der Waals surface area contributed by atoms with E-state index in [0.717, 1.165) is 43.3 Å². The molecular weight excluding hydrogens is 548 g/mol. The van der Waals surface area contributed by atoms with Crippen molar-refractivity contribution in [1.82, 2.24) is 14.9 Å². The summed E-state index contributed by atoms with van der Waals surface area (Å²) in [5, 5.41) is 20.2. The van der Waals surface area contributed by atoms with Gasteiger partial charge in [-0.3, -0.25) is 9.59 Å². The summed E-state index contributed by atoms with van der Waals surface area (Å²) < 4.78 is 17.9. The number of fused-ring (bicyclic) bond motifs is 5. The number of hydrogen-bond donors (Lipinski definition) is 1. The van der Waals surface area contributed by atoms with Gasteiger partial charge in [-0.15, -0.1) is 0 Å². The number of methoxy groups -OCH3 is 1. The van der Waals surface area contributed by atoms with Crippen LogP contribution < -0.4 is 9.47 Å². The second-order valence-electron chi connectivity index (χ2n) is 13.7. The molecule has 1 aromatic carbocycles. The third-order valence-corrected chi connectivity index (χ3v) is 9.60. The van der Waals surface area contributed by atoms with Crippen molar-refractivity contribution in [2.45, 2.75) is 96.8 Å². The molecule has 6 atom stereocenters. The summed E-state index contributed by atoms with van der Waals surface area (Å²) in [5.41, 5.74) is 1.07. The van der Waals surface area contributed by atoms with E-state index in [2.05, 4.69) is 6.07 Å². The molecule has 0 unspecified atom stereocenters. The highest BCUT2D eigenvalue weighted by Gasteiger charge is 2.54. The van der Waals surface area contributed by atoms with E-state index in [9.17, 15) is 20.0 Å². The van der Waals surface area contributed by atoms with Gasteiger partial charge >= 0.3 is 5.97 Å². The van der Waals surface area contributed by atoms with E-state index in [0.29, 0.717) is 29.5 Å². The molecule has 10 nitrogen and oxygen atoms in total. The molecule has 3 heterocycles. The second-order valence-corrected chi connectivity index (χ2v) is 13.7. The minimum Gasteiger partial charge on any atom is -0.497 e. The molecule has 0 radical (unpaired) electrons. The lowest BCUT2D eigenvalue weighted by Crippen LogP contribution is -2.47. The van der Waals surface area contributed by atoms with E-state index in [4.69, 9.17) is 24.2 Å². The monoisotopic (exact) mass is 592 g/mol. The van der Waals surface area contributed by atoms with Gasteiger partial charge in [0.2, 0.25) is 11.8 Å². The highest BCUT2D eigenvalue weighted by Crippen LogP contribution is 2.50. The zero-order valence-corrected chi connectivity index (χ0v) is 26.0. The molecule has 1 saturated heterocycles. The van der Waals surface area contributed by atoms with Gasteiger partial charge in [0.15, 0.2) is 0 Å². The van der Waals surface area contributed by atoms with Crippen LogP contribution in [0.4, 0.5) is 0 Å². The van der Waals surface area contributed by atoms with Crippen molar-refractivity contribution >= 4 is 22.9 Å². The summed E-state index contributed by atoms with van der Waals surface area (Å²) in [7, 11) is 1.60. The maximum atomic E-state index is 14.2. The number of rotatable bonds is 3. The number of hydrogen-bond acceptors (Lipinski definition) is 9. The normalized spacial score (nSPS) is 30.3. The van der Waals surface area contributed by atoms with E-state index in [-0.39, 0.29) is 37.9 Å². The topological polar surface area (TPSA) is 135 Å². The third kappa shape index (κ3) is 6.57. The lowest BCUT2D eigenvalue weighted by molar-refractivity contribution is -0.158. The maximum absolute atomic E-state index is 14.2. The van der Waals surface area contributed by atoms with E-state index < -0.39 is 35.0 Å². The molecule has 2 bridgehead atoms. The number of aromatic nitrogens is 2. The molecule has 5 rings (SSSR count). The van der Waals surface area contributed by atoms with E-state index in [1.165, 1.54) is 0 Å². The first kappa shape index (κ1) is 31.0. The van der Waals surface area contributed by atoms with Gasteiger partial charge in [-0.1, -0.05) is 33.6 Å². The van der Waals surface area contributed by atoms with Gasteiger partial charge in [0.05, 0.1) is 55.7 Å². The maximum Gasteiger partial charge on any atom is 0.307 e. The molecule has 43 heavy (non-hydrogen) atoms. The van der Waals surface area contributed by atoms with Gasteiger partial charge < -0.3 is 24.2 Å². The summed E-state index contributed by atoms with van der Waals surface area (Å²) in [4.78, 5) is 38.8. The van der Waals surface area contributed by atoms with E-state index in [1.54, 1.807) is 12.0 Å². The number of esters is 1. The number of aryl methyl sites for hydroxylation is 1. The zero-order valence-electron chi connectivity index (χ0n) is 26.0. The Bertz CT molecular complexity index is 1400. The van der Waals surface area contributed by atoms with Crippen molar-refractivity contribution in [1.29, 1.82) is 5.26 Å². The third-order valence-electron chi connectivity index (χ3n) is 9.60. The number of aliphatic hydroxyl groups excluding tert-OH is 1. The van der Waals surface area contributed by atoms with Crippen LogP contribution in [0.3, 0.4) is 0 Å². The molecule has 1 aromatic heterocycles. The fourth-order valence-corrected chi connectivity index (χ4v) is 6.77. The van der Waals surface area contributed by atoms with Crippen molar-refractivity contribution < 1.29 is 28.9 Å². The molecule has 0 spiro atoms. The zero-order chi connectivity index (χ0) is 30.9. The Balaban J connectivity index is 1.54. The average Bonchev–Trinajstić information content (AvgIpc) is 3.46.